The number of esters is 1. The summed E-state index contributed by atoms with van der Waals surface area (Å²) in [4.78, 5) is 35.0. The van der Waals surface area contributed by atoms with Gasteiger partial charge in [-0.1, -0.05) is 82.2 Å². The Hall–Kier alpha value is -2.57. The zero-order valence-electron chi connectivity index (χ0n) is 17.5. The topological polar surface area (TPSA) is 96.5 Å². The molecular weight excluding hydrogens is 370 g/mol. The van der Waals surface area contributed by atoms with E-state index in [2.05, 4.69) is 22.9 Å². The Morgan fingerprint density at radius 3 is 2.14 bits per heavy atom. The van der Waals surface area contributed by atoms with E-state index in [1.165, 1.54) is 38.5 Å². The molecule has 0 radical (unpaired) electrons. The van der Waals surface area contributed by atoms with Crippen molar-refractivity contribution < 1.29 is 19.1 Å². The number of benzene rings is 1. The maximum atomic E-state index is 11.7. The second kappa shape index (κ2) is 16.4. The molecule has 7 nitrogen and oxygen atoms in total. The van der Waals surface area contributed by atoms with Crippen molar-refractivity contribution >= 4 is 17.9 Å². The number of urea groups is 1. The van der Waals surface area contributed by atoms with Gasteiger partial charge in [0.25, 0.3) is 0 Å². The van der Waals surface area contributed by atoms with Crippen LogP contribution in [0.2, 0.25) is 0 Å². The fraction of sp³-hybridized carbons (Fsp3) is 0.591. The van der Waals surface area contributed by atoms with Gasteiger partial charge >= 0.3 is 12.0 Å². The number of nitrogens with one attached hydrogen (secondary N) is 3. The molecule has 0 aliphatic carbocycles. The van der Waals surface area contributed by atoms with Gasteiger partial charge in [0.1, 0.15) is 13.2 Å². The highest BCUT2D eigenvalue weighted by Gasteiger charge is 2.08. The van der Waals surface area contributed by atoms with E-state index in [9.17, 15) is 14.4 Å². The number of rotatable bonds is 15. The Bertz CT molecular complexity index is 593. The van der Waals surface area contributed by atoms with E-state index < -0.39 is 11.9 Å². The fourth-order valence-corrected chi connectivity index (χ4v) is 2.71. The third kappa shape index (κ3) is 14.1. The molecule has 29 heavy (non-hydrogen) atoms. The minimum absolute atomic E-state index is 0.162. The Morgan fingerprint density at radius 2 is 1.45 bits per heavy atom. The number of carbonyl (C=O) groups is 3. The maximum absolute atomic E-state index is 11.7. The van der Waals surface area contributed by atoms with Gasteiger partial charge in [-0.2, -0.15) is 0 Å². The molecule has 3 amide bonds. The molecule has 162 valence electrons. The van der Waals surface area contributed by atoms with Crippen molar-refractivity contribution in [3.05, 3.63) is 35.9 Å². The van der Waals surface area contributed by atoms with E-state index in [0.717, 1.165) is 18.4 Å². The molecule has 1 rings (SSSR count). The lowest BCUT2D eigenvalue weighted by Gasteiger charge is -2.09. The van der Waals surface area contributed by atoms with Crippen LogP contribution in [0.5, 0.6) is 0 Å². The Kier molecular flexibility index (Phi) is 13.8. The molecule has 0 bridgehead atoms. The van der Waals surface area contributed by atoms with Crippen molar-refractivity contribution in [2.75, 3.05) is 19.6 Å². The van der Waals surface area contributed by atoms with E-state index in [4.69, 9.17) is 4.74 Å². The molecule has 0 saturated carbocycles. The molecule has 0 spiro atoms. The lowest BCUT2D eigenvalue weighted by atomic mass is 10.1. The van der Waals surface area contributed by atoms with E-state index in [-0.39, 0.29) is 25.7 Å². The van der Waals surface area contributed by atoms with E-state index >= 15 is 0 Å². The Morgan fingerprint density at radius 1 is 0.793 bits per heavy atom. The molecule has 7 heteroatoms. The molecule has 0 atom stereocenters. The molecule has 0 aromatic heterocycles. The number of hydrogen-bond acceptors (Lipinski definition) is 4. The van der Waals surface area contributed by atoms with Crippen LogP contribution in [-0.2, 0) is 20.9 Å². The molecule has 1 aromatic rings. The highest BCUT2D eigenvalue weighted by molar-refractivity contribution is 5.86. The van der Waals surface area contributed by atoms with Crippen LogP contribution in [0.25, 0.3) is 0 Å². The molecule has 3 N–H and O–H groups in total. The number of carbonyl (C=O) groups excluding carboxylic acids is 3. The van der Waals surface area contributed by atoms with Crippen LogP contribution < -0.4 is 16.0 Å². The van der Waals surface area contributed by atoms with Crippen molar-refractivity contribution in [3.63, 3.8) is 0 Å². The van der Waals surface area contributed by atoms with Gasteiger partial charge in [0, 0.05) is 6.54 Å². The van der Waals surface area contributed by atoms with Gasteiger partial charge in [-0.05, 0) is 12.0 Å². The minimum atomic E-state index is -0.527. The first-order chi connectivity index (χ1) is 14.1. The Balaban J connectivity index is 1.96. The third-order valence-electron chi connectivity index (χ3n) is 4.40. The standard InChI is InChI=1S/C22H35N3O4/c1-2-3-4-5-6-7-8-12-15-23-22(28)25-16-20(26)24-17-21(27)29-18-19-13-10-9-11-14-19/h9-11,13-14H,2-8,12,15-18H2,1H3,(H,24,26)(H2,23,25,28). The number of unbranched alkanes of at least 4 members (excludes halogenated alkanes) is 7. The third-order valence-corrected chi connectivity index (χ3v) is 4.40. The van der Waals surface area contributed by atoms with Gasteiger partial charge < -0.3 is 20.7 Å². The normalized spacial score (nSPS) is 10.2. The van der Waals surface area contributed by atoms with E-state index in [1.807, 2.05) is 30.3 Å². The first-order valence-corrected chi connectivity index (χ1v) is 10.6. The minimum Gasteiger partial charge on any atom is -0.460 e. The summed E-state index contributed by atoms with van der Waals surface area (Å²) in [6, 6.07) is 8.91. The average molecular weight is 406 g/mol. The summed E-state index contributed by atoms with van der Waals surface area (Å²) >= 11 is 0. The average Bonchev–Trinajstić information content (AvgIpc) is 2.74. The predicted molar refractivity (Wildman–Crippen MR) is 113 cm³/mol. The number of hydrogen-bond donors (Lipinski definition) is 3. The van der Waals surface area contributed by atoms with Crippen LogP contribution in [-0.4, -0.2) is 37.5 Å². The number of ether oxygens (including phenoxy) is 1. The van der Waals surface area contributed by atoms with E-state index in [1.54, 1.807) is 0 Å². The first-order valence-electron chi connectivity index (χ1n) is 10.6. The quantitative estimate of drug-likeness (QED) is 0.308. The second-order valence-electron chi connectivity index (χ2n) is 7.01. The van der Waals surface area contributed by atoms with Gasteiger partial charge in [-0.25, -0.2) is 4.79 Å². The molecule has 0 unspecified atom stereocenters. The zero-order chi connectivity index (χ0) is 21.2. The molecule has 0 saturated heterocycles. The van der Waals surface area contributed by atoms with Crippen molar-refractivity contribution in [1.29, 1.82) is 0 Å². The van der Waals surface area contributed by atoms with Gasteiger partial charge in [-0.3, -0.25) is 9.59 Å². The van der Waals surface area contributed by atoms with Crippen LogP contribution in [0.1, 0.15) is 63.9 Å². The van der Waals surface area contributed by atoms with Gasteiger partial charge in [0.05, 0.1) is 6.54 Å². The molecular formula is C22H35N3O4. The molecule has 0 aliphatic heterocycles. The highest BCUT2D eigenvalue weighted by atomic mass is 16.5. The maximum Gasteiger partial charge on any atom is 0.325 e. The van der Waals surface area contributed by atoms with E-state index in [0.29, 0.717) is 6.54 Å². The van der Waals surface area contributed by atoms with Crippen molar-refractivity contribution in [2.45, 2.75) is 64.9 Å². The van der Waals surface area contributed by atoms with Crippen LogP contribution in [0, 0.1) is 0 Å². The van der Waals surface area contributed by atoms with Gasteiger partial charge in [-0.15, -0.1) is 0 Å². The summed E-state index contributed by atoms with van der Waals surface area (Å²) in [5.74, 6) is -0.967. The molecule has 0 aliphatic rings. The second-order valence-corrected chi connectivity index (χ2v) is 7.01. The monoisotopic (exact) mass is 405 g/mol. The van der Waals surface area contributed by atoms with Crippen LogP contribution in [0.4, 0.5) is 4.79 Å². The molecule has 0 heterocycles. The summed E-state index contributed by atoms with van der Waals surface area (Å²) in [7, 11) is 0. The van der Waals surface area contributed by atoms with Crippen molar-refractivity contribution in [1.82, 2.24) is 16.0 Å². The SMILES string of the molecule is CCCCCCCCCCNC(=O)NCC(=O)NCC(=O)OCc1ccccc1. The highest BCUT2D eigenvalue weighted by Crippen LogP contribution is 2.07. The lowest BCUT2D eigenvalue weighted by Crippen LogP contribution is -2.43. The molecule has 1 aromatic carbocycles. The van der Waals surface area contributed by atoms with Gasteiger partial charge in [0.2, 0.25) is 5.91 Å². The lowest BCUT2D eigenvalue weighted by molar-refractivity contribution is -0.145. The fourth-order valence-electron chi connectivity index (χ4n) is 2.71. The summed E-state index contributed by atoms with van der Waals surface area (Å²) in [5.41, 5.74) is 0.877. The van der Waals surface area contributed by atoms with Crippen LogP contribution in [0.15, 0.2) is 30.3 Å². The van der Waals surface area contributed by atoms with Crippen molar-refractivity contribution in [3.8, 4) is 0 Å². The summed E-state index contributed by atoms with van der Waals surface area (Å²) < 4.78 is 5.06. The summed E-state index contributed by atoms with van der Waals surface area (Å²) in [6.07, 6.45) is 9.63. The number of amides is 3. The largest absolute Gasteiger partial charge is 0.460 e. The Labute approximate surface area is 174 Å². The molecule has 0 fully saturated rings. The predicted octanol–water partition coefficient (Wildman–Crippen LogP) is 3.29. The van der Waals surface area contributed by atoms with Crippen molar-refractivity contribution in [2.24, 2.45) is 0 Å². The van der Waals surface area contributed by atoms with Gasteiger partial charge in [0.15, 0.2) is 0 Å². The van der Waals surface area contributed by atoms with Crippen LogP contribution >= 0.6 is 0 Å². The van der Waals surface area contributed by atoms with Crippen LogP contribution in [0.3, 0.4) is 0 Å². The summed E-state index contributed by atoms with van der Waals surface area (Å²) in [6.45, 7) is 2.55. The summed E-state index contributed by atoms with van der Waals surface area (Å²) in [5, 5.41) is 7.63. The first kappa shape index (κ1) is 24.5. The smallest absolute Gasteiger partial charge is 0.325 e. The zero-order valence-corrected chi connectivity index (χ0v) is 17.5.